The van der Waals surface area contributed by atoms with E-state index in [0.717, 1.165) is 11.6 Å². The van der Waals surface area contributed by atoms with Crippen LogP contribution in [0.2, 0.25) is 5.02 Å². The molecule has 0 aliphatic heterocycles. The minimum atomic E-state index is -0.672. The third-order valence-electron chi connectivity index (χ3n) is 3.71. The summed E-state index contributed by atoms with van der Waals surface area (Å²) in [7, 11) is 0. The molecule has 9 nitrogen and oxygen atoms in total. The van der Waals surface area contributed by atoms with E-state index in [9.17, 15) is 20.0 Å². The summed E-state index contributed by atoms with van der Waals surface area (Å²) in [6, 6.07) is 14.1. The van der Waals surface area contributed by atoms with Gasteiger partial charge in [-0.2, -0.15) is 9.78 Å². The molecule has 0 saturated heterocycles. The molecule has 0 aliphatic carbocycles. The van der Waals surface area contributed by atoms with Crippen molar-refractivity contribution in [2.45, 2.75) is 6.54 Å². The smallest absolute Gasteiger partial charge is 0.390 e. The Morgan fingerprint density at radius 1 is 1.25 bits per heavy atom. The lowest BCUT2D eigenvalue weighted by Crippen LogP contribution is -2.22. The zero-order chi connectivity index (χ0) is 20.1. The molecule has 142 valence electrons. The molecule has 0 unspecified atom stereocenters. The van der Waals surface area contributed by atoms with Crippen LogP contribution in [0.3, 0.4) is 0 Å². The maximum absolute atomic E-state index is 12.4. The molecular formula is C18H14ClN5O4. The Hall–Kier alpha value is -3.72. The van der Waals surface area contributed by atoms with Crippen molar-refractivity contribution < 1.29 is 14.8 Å². The van der Waals surface area contributed by atoms with Gasteiger partial charge in [-0.3, -0.25) is 4.79 Å². The van der Waals surface area contributed by atoms with Crippen LogP contribution >= 0.6 is 11.6 Å². The van der Waals surface area contributed by atoms with Crippen molar-refractivity contribution in [1.82, 2.24) is 15.2 Å². The number of hydrazone groups is 1. The summed E-state index contributed by atoms with van der Waals surface area (Å²) in [6.45, 7) is 0.148. The lowest BCUT2D eigenvalue weighted by molar-refractivity contribution is -0.389. The van der Waals surface area contributed by atoms with Crippen molar-refractivity contribution in [3.63, 3.8) is 0 Å². The van der Waals surface area contributed by atoms with Crippen molar-refractivity contribution >= 4 is 29.5 Å². The minimum absolute atomic E-state index is 0.00972. The molecule has 3 rings (SSSR count). The van der Waals surface area contributed by atoms with Crippen LogP contribution in [0.5, 0.6) is 5.75 Å². The second-order valence-corrected chi connectivity index (χ2v) is 6.16. The highest BCUT2D eigenvalue weighted by Gasteiger charge is 2.23. The molecule has 3 aromatic rings. The molecule has 2 aromatic carbocycles. The maximum atomic E-state index is 12.4. The SMILES string of the molecule is O=C(NN=Cc1ccc(O)cc1)c1cc([N+](=O)[O-])nn1Cc1ccc(Cl)cc1. The molecular weight excluding hydrogens is 386 g/mol. The van der Waals surface area contributed by atoms with E-state index in [1.807, 2.05) is 0 Å². The fourth-order valence-corrected chi connectivity index (χ4v) is 2.47. The number of halogens is 1. The van der Waals surface area contributed by atoms with Crippen LogP contribution in [0.4, 0.5) is 5.82 Å². The summed E-state index contributed by atoms with van der Waals surface area (Å²) in [5.74, 6) is -0.981. The standard InChI is InChI=1S/C18H14ClN5O4/c19-14-5-1-13(2-6-14)11-23-16(9-17(22-23)24(27)28)18(26)21-20-10-12-3-7-15(25)8-4-12/h1-10,25H,11H2,(H,21,26). The zero-order valence-electron chi connectivity index (χ0n) is 14.3. The van der Waals surface area contributed by atoms with Crippen LogP contribution in [0.25, 0.3) is 0 Å². The Balaban J connectivity index is 1.78. The summed E-state index contributed by atoms with van der Waals surface area (Å²) < 4.78 is 1.23. The largest absolute Gasteiger partial charge is 0.508 e. The quantitative estimate of drug-likeness (QED) is 0.374. The Kier molecular flexibility index (Phi) is 5.66. The number of hydrogen-bond acceptors (Lipinski definition) is 6. The van der Waals surface area contributed by atoms with Gasteiger partial charge in [0.25, 0.3) is 5.91 Å². The first kappa shape index (κ1) is 19.1. The molecule has 28 heavy (non-hydrogen) atoms. The number of nitrogens with zero attached hydrogens (tertiary/aromatic N) is 4. The first-order valence-corrected chi connectivity index (χ1v) is 8.39. The molecule has 10 heteroatoms. The first-order chi connectivity index (χ1) is 13.4. The van der Waals surface area contributed by atoms with Gasteiger partial charge in [-0.1, -0.05) is 23.7 Å². The van der Waals surface area contributed by atoms with Gasteiger partial charge in [0.2, 0.25) is 0 Å². The number of amides is 1. The maximum Gasteiger partial charge on any atom is 0.390 e. The van der Waals surface area contributed by atoms with Gasteiger partial charge in [-0.15, -0.1) is 0 Å². The average Bonchev–Trinajstić information content (AvgIpc) is 3.09. The number of carbonyl (C=O) groups excluding carboxylic acids is 1. The summed E-state index contributed by atoms with van der Waals surface area (Å²) in [5.41, 5.74) is 3.72. The normalized spacial score (nSPS) is 10.9. The lowest BCUT2D eigenvalue weighted by atomic mass is 10.2. The number of nitrogens with one attached hydrogen (secondary N) is 1. The fraction of sp³-hybridized carbons (Fsp3) is 0.0556. The third kappa shape index (κ3) is 4.71. The van der Waals surface area contributed by atoms with E-state index >= 15 is 0 Å². The number of hydrogen-bond donors (Lipinski definition) is 2. The van der Waals surface area contributed by atoms with E-state index < -0.39 is 16.6 Å². The van der Waals surface area contributed by atoms with Gasteiger partial charge in [0.1, 0.15) is 5.75 Å². The van der Waals surface area contributed by atoms with Crippen LogP contribution < -0.4 is 5.43 Å². The zero-order valence-corrected chi connectivity index (χ0v) is 15.1. The van der Waals surface area contributed by atoms with E-state index in [2.05, 4.69) is 15.6 Å². The van der Waals surface area contributed by atoms with Crippen molar-refractivity contribution in [2.24, 2.45) is 5.10 Å². The van der Waals surface area contributed by atoms with Gasteiger partial charge in [-0.25, -0.2) is 5.43 Å². The number of carbonyl (C=O) groups is 1. The molecule has 0 atom stereocenters. The topological polar surface area (TPSA) is 123 Å². The van der Waals surface area contributed by atoms with E-state index in [0.29, 0.717) is 10.6 Å². The first-order valence-electron chi connectivity index (χ1n) is 8.01. The third-order valence-corrected chi connectivity index (χ3v) is 3.96. The van der Waals surface area contributed by atoms with E-state index in [1.165, 1.54) is 23.0 Å². The summed E-state index contributed by atoms with van der Waals surface area (Å²) in [4.78, 5) is 22.8. The molecule has 0 saturated carbocycles. The van der Waals surface area contributed by atoms with Gasteiger partial charge in [-0.05, 0) is 52.4 Å². The van der Waals surface area contributed by atoms with Crippen molar-refractivity contribution in [1.29, 1.82) is 0 Å². The number of aromatic nitrogens is 2. The van der Waals surface area contributed by atoms with Crippen LogP contribution in [0.1, 0.15) is 21.6 Å². The number of phenolic OH excluding ortho intramolecular Hbond substituents is 1. The van der Waals surface area contributed by atoms with Crippen molar-refractivity contribution in [2.75, 3.05) is 0 Å². The van der Waals surface area contributed by atoms with Crippen LogP contribution in [0.15, 0.2) is 59.7 Å². The Labute approximate surface area is 164 Å². The highest BCUT2D eigenvalue weighted by atomic mass is 35.5. The molecule has 1 aromatic heterocycles. The van der Waals surface area contributed by atoms with Gasteiger partial charge in [0.15, 0.2) is 5.69 Å². The number of rotatable bonds is 6. The molecule has 1 amide bonds. The number of nitro groups is 1. The molecule has 0 radical (unpaired) electrons. The van der Waals surface area contributed by atoms with Crippen LogP contribution in [-0.2, 0) is 6.54 Å². The second kappa shape index (κ2) is 8.31. The number of phenols is 1. The summed E-state index contributed by atoms with van der Waals surface area (Å²) >= 11 is 5.85. The van der Waals surface area contributed by atoms with E-state index in [1.54, 1.807) is 36.4 Å². The van der Waals surface area contributed by atoms with Gasteiger partial charge >= 0.3 is 5.82 Å². The van der Waals surface area contributed by atoms with Gasteiger partial charge < -0.3 is 15.2 Å². The molecule has 0 aliphatic rings. The fourth-order valence-electron chi connectivity index (χ4n) is 2.34. The molecule has 1 heterocycles. The predicted octanol–water partition coefficient (Wildman–Crippen LogP) is 2.96. The van der Waals surface area contributed by atoms with E-state index in [-0.39, 0.29) is 18.0 Å². The Morgan fingerprint density at radius 3 is 2.57 bits per heavy atom. The lowest BCUT2D eigenvalue weighted by Gasteiger charge is -2.03. The van der Waals surface area contributed by atoms with E-state index in [4.69, 9.17) is 11.6 Å². The second-order valence-electron chi connectivity index (χ2n) is 5.72. The predicted molar refractivity (Wildman–Crippen MR) is 103 cm³/mol. The summed E-state index contributed by atoms with van der Waals surface area (Å²) in [5, 5.41) is 28.5. The average molecular weight is 400 g/mol. The molecule has 0 spiro atoms. The number of aromatic hydroxyl groups is 1. The Morgan fingerprint density at radius 2 is 1.93 bits per heavy atom. The summed E-state index contributed by atoms with van der Waals surface area (Å²) in [6.07, 6.45) is 1.38. The minimum Gasteiger partial charge on any atom is -0.508 e. The highest BCUT2D eigenvalue weighted by molar-refractivity contribution is 6.30. The van der Waals surface area contributed by atoms with Gasteiger partial charge in [0, 0.05) is 5.02 Å². The van der Waals surface area contributed by atoms with Gasteiger partial charge in [0.05, 0.1) is 23.9 Å². The molecule has 0 fully saturated rings. The Bertz CT molecular complexity index is 1030. The monoisotopic (exact) mass is 399 g/mol. The van der Waals surface area contributed by atoms with Crippen LogP contribution in [-0.4, -0.2) is 31.9 Å². The van der Waals surface area contributed by atoms with Crippen LogP contribution in [0, 0.1) is 10.1 Å². The van der Waals surface area contributed by atoms with Crippen molar-refractivity contribution in [3.05, 3.63) is 86.6 Å². The number of benzene rings is 2. The molecule has 2 N–H and O–H groups in total. The highest BCUT2D eigenvalue weighted by Crippen LogP contribution is 2.16. The van der Waals surface area contributed by atoms with Crippen molar-refractivity contribution in [3.8, 4) is 5.75 Å². The molecule has 0 bridgehead atoms.